The lowest BCUT2D eigenvalue weighted by Crippen LogP contribution is -2.15. The number of carbonyl (C=O) groups excluding carboxylic acids is 1. The molecule has 0 spiro atoms. The summed E-state index contributed by atoms with van der Waals surface area (Å²) in [4.78, 5) is 23.2. The van der Waals surface area contributed by atoms with Crippen molar-refractivity contribution in [2.24, 2.45) is 0 Å². The number of para-hydroxylation sites is 1. The first-order chi connectivity index (χ1) is 14.4. The van der Waals surface area contributed by atoms with E-state index >= 15 is 0 Å². The third-order valence-electron chi connectivity index (χ3n) is 3.86. The maximum absolute atomic E-state index is 12.5. The van der Waals surface area contributed by atoms with Gasteiger partial charge in [-0.1, -0.05) is 29.3 Å². The summed E-state index contributed by atoms with van der Waals surface area (Å²) in [6.07, 6.45) is 1.52. The van der Waals surface area contributed by atoms with Crippen molar-refractivity contribution < 1.29 is 19.2 Å². The first kappa shape index (κ1) is 21.4. The molecule has 0 saturated carbocycles. The standard InChI is InChI=1S/C19H16Cl2N4O5/c1-2-29-12-6-7-15(17(10-12)25(27)28)22-19(26)16-8-9-24(23-16)11-30-18-13(20)4-3-5-14(18)21/h3-10H,2,11H2,1H3,(H,22,26). The lowest BCUT2D eigenvalue weighted by Gasteiger charge is -2.09. The van der Waals surface area contributed by atoms with Crippen molar-refractivity contribution in [1.29, 1.82) is 0 Å². The van der Waals surface area contributed by atoms with Crippen LogP contribution in [0.1, 0.15) is 17.4 Å². The maximum atomic E-state index is 12.5. The Hall–Kier alpha value is -3.30. The fraction of sp³-hybridized carbons (Fsp3) is 0.158. The van der Waals surface area contributed by atoms with Crippen LogP contribution < -0.4 is 14.8 Å². The van der Waals surface area contributed by atoms with Crippen LogP contribution in [0.2, 0.25) is 10.0 Å². The molecule has 0 fully saturated rings. The number of halogens is 2. The Morgan fingerprint density at radius 1 is 1.20 bits per heavy atom. The Morgan fingerprint density at radius 3 is 2.60 bits per heavy atom. The Labute approximate surface area is 181 Å². The molecule has 0 radical (unpaired) electrons. The predicted octanol–water partition coefficient (Wildman–Crippen LogP) is 4.79. The first-order valence-electron chi connectivity index (χ1n) is 8.72. The number of amides is 1. The summed E-state index contributed by atoms with van der Waals surface area (Å²) in [5.74, 6) is 0.0194. The van der Waals surface area contributed by atoms with Crippen molar-refractivity contribution in [2.45, 2.75) is 13.7 Å². The summed E-state index contributed by atoms with van der Waals surface area (Å²) in [6, 6.07) is 10.6. The van der Waals surface area contributed by atoms with Gasteiger partial charge in [0, 0.05) is 6.20 Å². The SMILES string of the molecule is CCOc1ccc(NC(=O)c2ccn(COc3c(Cl)cccc3Cl)n2)c([N+](=O)[O-])c1. The smallest absolute Gasteiger partial charge is 0.296 e. The molecule has 9 nitrogen and oxygen atoms in total. The van der Waals surface area contributed by atoms with E-state index in [1.807, 2.05) is 0 Å². The molecule has 11 heteroatoms. The van der Waals surface area contributed by atoms with Gasteiger partial charge >= 0.3 is 0 Å². The van der Waals surface area contributed by atoms with Gasteiger partial charge in [0.2, 0.25) is 0 Å². The van der Waals surface area contributed by atoms with Gasteiger partial charge in [-0.3, -0.25) is 14.9 Å². The van der Waals surface area contributed by atoms with Gasteiger partial charge in [-0.15, -0.1) is 0 Å². The van der Waals surface area contributed by atoms with Crippen LogP contribution in [-0.2, 0) is 6.73 Å². The van der Waals surface area contributed by atoms with Crippen LogP contribution >= 0.6 is 23.2 Å². The molecule has 0 bridgehead atoms. The molecule has 156 valence electrons. The van der Waals surface area contributed by atoms with Crippen molar-refractivity contribution >= 4 is 40.5 Å². The number of aromatic nitrogens is 2. The van der Waals surface area contributed by atoms with Crippen LogP contribution in [0.25, 0.3) is 0 Å². The molecular weight excluding hydrogens is 435 g/mol. The van der Waals surface area contributed by atoms with E-state index in [0.29, 0.717) is 28.2 Å². The summed E-state index contributed by atoms with van der Waals surface area (Å²) in [7, 11) is 0. The van der Waals surface area contributed by atoms with Gasteiger partial charge in [-0.25, -0.2) is 4.68 Å². The molecule has 1 heterocycles. The number of anilines is 1. The number of ether oxygens (including phenoxy) is 2. The fourth-order valence-corrected chi connectivity index (χ4v) is 3.02. The Balaban J connectivity index is 1.70. The predicted molar refractivity (Wildman–Crippen MR) is 112 cm³/mol. The average Bonchev–Trinajstić information content (AvgIpc) is 3.18. The van der Waals surface area contributed by atoms with E-state index in [-0.39, 0.29) is 23.8 Å². The molecule has 0 saturated heterocycles. The van der Waals surface area contributed by atoms with E-state index in [1.165, 1.54) is 35.1 Å². The third-order valence-corrected chi connectivity index (χ3v) is 4.45. The molecule has 3 rings (SSSR count). The van der Waals surface area contributed by atoms with Crippen LogP contribution in [0.4, 0.5) is 11.4 Å². The second-order valence-electron chi connectivity index (χ2n) is 5.89. The number of nitrogens with zero attached hydrogens (tertiary/aromatic N) is 3. The number of carbonyl (C=O) groups is 1. The second kappa shape index (κ2) is 9.47. The van der Waals surface area contributed by atoms with Crippen molar-refractivity contribution in [3.05, 3.63) is 74.5 Å². The Morgan fingerprint density at radius 2 is 1.93 bits per heavy atom. The minimum Gasteiger partial charge on any atom is -0.494 e. The summed E-state index contributed by atoms with van der Waals surface area (Å²) < 4.78 is 12.2. The summed E-state index contributed by atoms with van der Waals surface area (Å²) in [6.45, 7) is 2.09. The average molecular weight is 451 g/mol. The molecule has 0 aliphatic carbocycles. The monoisotopic (exact) mass is 450 g/mol. The highest BCUT2D eigenvalue weighted by Gasteiger charge is 2.19. The van der Waals surface area contributed by atoms with Gasteiger partial charge in [0.25, 0.3) is 11.6 Å². The first-order valence-corrected chi connectivity index (χ1v) is 9.47. The molecule has 1 N–H and O–H groups in total. The number of hydrogen-bond acceptors (Lipinski definition) is 6. The van der Waals surface area contributed by atoms with Crippen LogP contribution in [0.15, 0.2) is 48.7 Å². The molecule has 0 aliphatic heterocycles. The fourth-order valence-electron chi connectivity index (χ4n) is 2.52. The molecular formula is C19H16Cl2N4O5. The summed E-state index contributed by atoms with van der Waals surface area (Å²) >= 11 is 12.1. The van der Waals surface area contributed by atoms with Crippen molar-refractivity contribution in [2.75, 3.05) is 11.9 Å². The Kier molecular flexibility index (Phi) is 6.76. The molecule has 0 aliphatic rings. The number of nitro groups is 1. The minimum atomic E-state index is -0.614. The van der Waals surface area contributed by atoms with Crippen molar-refractivity contribution in [3.8, 4) is 11.5 Å². The van der Waals surface area contributed by atoms with Crippen molar-refractivity contribution in [1.82, 2.24) is 9.78 Å². The van der Waals surface area contributed by atoms with E-state index in [1.54, 1.807) is 25.1 Å². The number of nitrogens with one attached hydrogen (secondary N) is 1. The van der Waals surface area contributed by atoms with Crippen molar-refractivity contribution in [3.63, 3.8) is 0 Å². The van der Waals surface area contributed by atoms with Crippen LogP contribution in [0.3, 0.4) is 0 Å². The molecule has 3 aromatic rings. The number of benzene rings is 2. The van der Waals surface area contributed by atoms with E-state index in [0.717, 1.165) is 0 Å². The zero-order valence-corrected chi connectivity index (χ0v) is 17.2. The van der Waals surface area contributed by atoms with Gasteiger partial charge < -0.3 is 14.8 Å². The van der Waals surface area contributed by atoms with Crippen LogP contribution in [-0.4, -0.2) is 27.2 Å². The number of rotatable bonds is 8. The minimum absolute atomic E-state index is 0.0297. The van der Waals surface area contributed by atoms with Gasteiger partial charge in [-0.05, 0) is 37.3 Å². The zero-order chi connectivity index (χ0) is 21.7. The second-order valence-corrected chi connectivity index (χ2v) is 6.70. The van der Waals surface area contributed by atoms with Crippen LogP contribution in [0, 0.1) is 10.1 Å². The summed E-state index contributed by atoms with van der Waals surface area (Å²) in [5.41, 5.74) is -0.209. The molecule has 0 atom stereocenters. The molecule has 2 aromatic carbocycles. The van der Waals surface area contributed by atoms with E-state index < -0.39 is 10.8 Å². The Bertz CT molecular complexity index is 1070. The molecule has 1 aromatic heterocycles. The highest BCUT2D eigenvalue weighted by Crippen LogP contribution is 2.32. The highest BCUT2D eigenvalue weighted by molar-refractivity contribution is 6.37. The number of hydrogen-bond donors (Lipinski definition) is 1. The van der Waals surface area contributed by atoms with E-state index in [9.17, 15) is 14.9 Å². The molecule has 0 unspecified atom stereocenters. The van der Waals surface area contributed by atoms with Gasteiger partial charge in [0.05, 0.1) is 27.6 Å². The lowest BCUT2D eigenvalue weighted by atomic mass is 10.2. The lowest BCUT2D eigenvalue weighted by molar-refractivity contribution is -0.384. The van der Waals surface area contributed by atoms with E-state index in [2.05, 4.69) is 10.4 Å². The van der Waals surface area contributed by atoms with Gasteiger partial charge in [-0.2, -0.15) is 5.10 Å². The normalized spacial score (nSPS) is 10.5. The third kappa shape index (κ3) is 5.00. The largest absolute Gasteiger partial charge is 0.494 e. The van der Waals surface area contributed by atoms with Gasteiger partial charge in [0.15, 0.2) is 18.2 Å². The highest BCUT2D eigenvalue weighted by atomic mass is 35.5. The zero-order valence-electron chi connectivity index (χ0n) is 15.7. The summed E-state index contributed by atoms with van der Waals surface area (Å²) in [5, 5.41) is 18.6. The number of nitro benzene ring substituents is 1. The topological polar surface area (TPSA) is 109 Å². The molecule has 30 heavy (non-hydrogen) atoms. The van der Waals surface area contributed by atoms with Crippen LogP contribution in [0.5, 0.6) is 11.5 Å². The van der Waals surface area contributed by atoms with Gasteiger partial charge in [0.1, 0.15) is 11.4 Å². The quantitative estimate of drug-likeness (QED) is 0.390. The molecule has 1 amide bonds. The maximum Gasteiger partial charge on any atom is 0.296 e. The van der Waals surface area contributed by atoms with E-state index in [4.69, 9.17) is 32.7 Å².